The van der Waals surface area contributed by atoms with Gasteiger partial charge in [-0.3, -0.25) is 4.98 Å². The monoisotopic (exact) mass is 418 g/mol. The van der Waals surface area contributed by atoms with Gasteiger partial charge in [-0.2, -0.15) is 4.98 Å². The maximum Gasteiger partial charge on any atom is 0.409 e. The molecule has 31 heavy (non-hydrogen) atoms. The summed E-state index contributed by atoms with van der Waals surface area (Å²) >= 11 is 0. The molecule has 0 saturated carbocycles. The normalized spacial score (nSPS) is 14.4. The Morgan fingerprint density at radius 3 is 2.71 bits per heavy atom. The average molecular weight is 418 g/mol. The summed E-state index contributed by atoms with van der Waals surface area (Å²) in [4.78, 5) is 29.4. The third-order valence-corrected chi connectivity index (χ3v) is 5.39. The predicted octanol–water partition coefficient (Wildman–Crippen LogP) is 3.30. The van der Waals surface area contributed by atoms with Crippen molar-refractivity contribution in [1.82, 2.24) is 19.9 Å². The minimum absolute atomic E-state index is 0.149. The third-order valence-electron chi connectivity index (χ3n) is 5.39. The number of fused-ring (bicyclic) bond motifs is 2. The number of nitrogen functional groups attached to an aromatic ring is 1. The van der Waals surface area contributed by atoms with Crippen molar-refractivity contribution in [2.75, 3.05) is 43.4 Å². The lowest BCUT2D eigenvalue weighted by Gasteiger charge is -2.35. The van der Waals surface area contributed by atoms with Crippen LogP contribution in [0.15, 0.2) is 47.0 Å². The number of carbonyl (C=O) groups is 1. The van der Waals surface area contributed by atoms with Crippen LogP contribution in [0.5, 0.6) is 0 Å². The van der Waals surface area contributed by atoms with E-state index in [-0.39, 0.29) is 12.1 Å². The molecule has 3 aromatic heterocycles. The minimum Gasteiger partial charge on any atom is -0.450 e. The highest BCUT2D eigenvalue weighted by molar-refractivity contribution is 5.84. The summed E-state index contributed by atoms with van der Waals surface area (Å²) in [5, 5.41) is 0. The Morgan fingerprint density at radius 2 is 1.90 bits per heavy atom. The zero-order valence-corrected chi connectivity index (χ0v) is 17.1. The number of aromatic nitrogens is 3. The summed E-state index contributed by atoms with van der Waals surface area (Å²) in [6, 6.07) is 11.8. The number of pyridine rings is 2. The van der Waals surface area contributed by atoms with Gasteiger partial charge < -0.3 is 24.7 Å². The number of piperazine rings is 1. The van der Waals surface area contributed by atoms with E-state index in [0.717, 1.165) is 41.1 Å². The van der Waals surface area contributed by atoms with Crippen molar-refractivity contribution in [2.45, 2.75) is 6.92 Å². The number of carbonyl (C=O) groups excluding carboxylic acids is 1. The molecule has 4 heterocycles. The predicted molar refractivity (Wildman–Crippen MR) is 118 cm³/mol. The van der Waals surface area contributed by atoms with Crippen LogP contribution in [0.3, 0.4) is 0 Å². The molecule has 4 aromatic rings. The van der Waals surface area contributed by atoms with Crippen LogP contribution < -0.4 is 10.6 Å². The molecule has 2 N–H and O–H groups in total. The van der Waals surface area contributed by atoms with Crippen molar-refractivity contribution in [3.8, 4) is 11.3 Å². The van der Waals surface area contributed by atoms with Crippen LogP contribution in [0.2, 0.25) is 0 Å². The van der Waals surface area contributed by atoms with Crippen LogP contribution >= 0.6 is 0 Å². The largest absolute Gasteiger partial charge is 0.450 e. The van der Waals surface area contributed by atoms with Gasteiger partial charge in [0, 0.05) is 31.7 Å². The van der Waals surface area contributed by atoms with Gasteiger partial charge in [0.1, 0.15) is 5.52 Å². The summed E-state index contributed by atoms with van der Waals surface area (Å²) < 4.78 is 10.4. The molecule has 0 aliphatic carbocycles. The van der Waals surface area contributed by atoms with E-state index in [1.165, 1.54) is 0 Å². The van der Waals surface area contributed by atoms with E-state index in [2.05, 4.69) is 14.9 Å². The smallest absolute Gasteiger partial charge is 0.409 e. The molecule has 9 nitrogen and oxygen atoms in total. The van der Waals surface area contributed by atoms with Gasteiger partial charge in [-0.1, -0.05) is 0 Å². The number of anilines is 2. The lowest BCUT2D eigenvalue weighted by Crippen LogP contribution is -2.49. The molecule has 1 aliphatic rings. The van der Waals surface area contributed by atoms with E-state index in [0.29, 0.717) is 30.8 Å². The first kappa shape index (κ1) is 19.1. The molecule has 1 fully saturated rings. The van der Waals surface area contributed by atoms with Crippen molar-refractivity contribution in [3.63, 3.8) is 0 Å². The number of benzene rings is 1. The van der Waals surface area contributed by atoms with Gasteiger partial charge in [0.15, 0.2) is 5.58 Å². The number of oxazole rings is 1. The molecule has 1 amide bonds. The van der Waals surface area contributed by atoms with Crippen molar-refractivity contribution in [1.29, 1.82) is 0 Å². The van der Waals surface area contributed by atoms with Crippen molar-refractivity contribution >= 4 is 39.9 Å². The number of nitrogens with zero attached hydrogens (tertiary/aromatic N) is 5. The van der Waals surface area contributed by atoms with Crippen molar-refractivity contribution in [3.05, 3.63) is 42.6 Å². The molecule has 1 saturated heterocycles. The van der Waals surface area contributed by atoms with Crippen LogP contribution in [-0.2, 0) is 4.74 Å². The highest BCUT2D eigenvalue weighted by Crippen LogP contribution is 2.27. The zero-order valence-electron chi connectivity index (χ0n) is 17.1. The number of amides is 1. The van der Waals surface area contributed by atoms with Gasteiger partial charge in [0.2, 0.25) is 0 Å². The molecular weight excluding hydrogens is 396 g/mol. The van der Waals surface area contributed by atoms with Crippen LogP contribution in [0, 0.1) is 0 Å². The Bertz CT molecular complexity index is 1260. The summed E-state index contributed by atoms with van der Waals surface area (Å²) in [5.74, 6) is 0. The average Bonchev–Trinajstić information content (AvgIpc) is 3.18. The molecule has 0 bridgehead atoms. The first-order valence-electron chi connectivity index (χ1n) is 10.2. The Hall–Kier alpha value is -3.88. The van der Waals surface area contributed by atoms with E-state index in [1.54, 1.807) is 4.90 Å². The van der Waals surface area contributed by atoms with E-state index < -0.39 is 0 Å². The lowest BCUT2D eigenvalue weighted by atomic mass is 10.1. The minimum atomic E-state index is -0.254. The summed E-state index contributed by atoms with van der Waals surface area (Å²) in [5.41, 5.74) is 11.4. The second-order valence-electron chi connectivity index (χ2n) is 7.34. The van der Waals surface area contributed by atoms with E-state index >= 15 is 0 Å². The van der Waals surface area contributed by atoms with Gasteiger partial charge in [0.05, 0.1) is 35.2 Å². The molecule has 158 valence electrons. The van der Waals surface area contributed by atoms with Gasteiger partial charge in [0.25, 0.3) is 6.01 Å². The Labute approximate surface area is 178 Å². The SMILES string of the molecule is CCOC(=O)N1CCN(c2cnc3ccc(-c4ccc5oc(N)nc5c4)nc3c2)CC1. The summed E-state index contributed by atoms with van der Waals surface area (Å²) in [6.45, 7) is 4.87. The van der Waals surface area contributed by atoms with E-state index in [4.69, 9.17) is 19.9 Å². The Kier molecular flexibility index (Phi) is 4.78. The van der Waals surface area contributed by atoms with Crippen LogP contribution in [0.1, 0.15) is 6.92 Å². The van der Waals surface area contributed by atoms with Crippen molar-refractivity contribution in [2.24, 2.45) is 0 Å². The summed E-state index contributed by atoms with van der Waals surface area (Å²) in [6.07, 6.45) is 1.60. The number of nitrogens with two attached hydrogens (primary N) is 1. The highest BCUT2D eigenvalue weighted by atomic mass is 16.6. The first-order chi connectivity index (χ1) is 15.1. The lowest BCUT2D eigenvalue weighted by molar-refractivity contribution is 0.105. The third kappa shape index (κ3) is 3.70. The standard InChI is InChI=1S/C22H22N6O3/c1-2-30-22(29)28-9-7-27(8-10-28)15-12-18-17(24-13-15)5-4-16(25-18)14-3-6-20-19(11-14)26-21(23)31-20/h3-6,11-13H,2,7-10H2,1H3,(H2,23,26). The number of hydrogen-bond donors (Lipinski definition) is 1. The maximum absolute atomic E-state index is 11.9. The van der Waals surface area contributed by atoms with Crippen LogP contribution in [0.25, 0.3) is 33.4 Å². The fourth-order valence-corrected chi connectivity index (χ4v) is 3.80. The molecule has 0 unspecified atom stereocenters. The van der Waals surface area contributed by atoms with Gasteiger partial charge in [-0.05, 0) is 43.3 Å². The quantitative estimate of drug-likeness (QED) is 0.540. The van der Waals surface area contributed by atoms with Gasteiger partial charge in [-0.15, -0.1) is 0 Å². The Morgan fingerprint density at radius 1 is 1.06 bits per heavy atom. The number of hydrogen-bond acceptors (Lipinski definition) is 8. The van der Waals surface area contributed by atoms with Crippen molar-refractivity contribution < 1.29 is 13.9 Å². The molecule has 0 atom stereocenters. The second-order valence-corrected chi connectivity index (χ2v) is 7.34. The second kappa shape index (κ2) is 7.75. The van der Waals surface area contributed by atoms with Crippen LogP contribution in [-0.4, -0.2) is 58.7 Å². The number of ether oxygens (including phenoxy) is 1. The topological polar surface area (TPSA) is 111 Å². The molecule has 0 spiro atoms. The molecule has 0 radical (unpaired) electrons. The molecule has 5 rings (SSSR count). The Balaban J connectivity index is 1.40. The maximum atomic E-state index is 11.9. The first-order valence-corrected chi connectivity index (χ1v) is 10.2. The zero-order chi connectivity index (χ0) is 21.4. The fraction of sp³-hybridized carbons (Fsp3) is 0.273. The highest BCUT2D eigenvalue weighted by Gasteiger charge is 2.22. The number of rotatable bonds is 3. The van der Waals surface area contributed by atoms with E-state index in [1.807, 2.05) is 49.5 Å². The van der Waals surface area contributed by atoms with E-state index in [9.17, 15) is 4.79 Å². The van der Waals surface area contributed by atoms with Gasteiger partial charge >= 0.3 is 6.09 Å². The van der Waals surface area contributed by atoms with Gasteiger partial charge in [-0.25, -0.2) is 9.78 Å². The molecule has 9 heteroatoms. The van der Waals surface area contributed by atoms with Crippen LogP contribution in [0.4, 0.5) is 16.5 Å². The summed E-state index contributed by atoms with van der Waals surface area (Å²) in [7, 11) is 0. The molecule has 1 aromatic carbocycles. The molecular formula is C22H22N6O3. The fourth-order valence-electron chi connectivity index (χ4n) is 3.80. The molecule has 1 aliphatic heterocycles.